The Morgan fingerprint density at radius 3 is 2.64 bits per heavy atom. The zero-order valence-electron chi connectivity index (χ0n) is 8.11. The van der Waals surface area contributed by atoms with Gasteiger partial charge in [-0.3, -0.25) is 0 Å². The van der Waals surface area contributed by atoms with Gasteiger partial charge in [0.05, 0.1) is 0 Å². The first-order valence-corrected chi connectivity index (χ1v) is 6.95. The molecule has 0 radical (unpaired) electrons. The summed E-state index contributed by atoms with van der Waals surface area (Å²) in [4.78, 5) is 12.0. The molecule has 2 heteroatoms. The van der Waals surface area contributed by atoms with Crippen molar-refractivity contribution in [1.82, 2.24) is 0 Å². The number of Topliss-reactive ketones (excluding diaryl/α,β-unsaturated/α-hetero) is 1. The molecule has 1 unspecified atom stereocenters. The van der Waals surface area contributed by atoms with Crippen LogP contribution in [0.15, 0.2) is 30.3 Å². The van der Waals surface area contributed by atoms with Gasteiger partial charge < -0.3 is 0 Å². The van der Waals surface area contributed by atoms with Gasteiger partial charge in [-0.15, -0.1) is 0 Å². The van der Waals surface area contributed by atoms with Crippen LogP contribution in [0.25, 0.3) is 0 Å². The van der Waals surface area contributed by atoms with Crippen LogP contribution in [0.4, 0.5) is 0 Å². The molecule has 0 saturated heterocycles. The van der Waals surface area contributed by atoms with E-state index in [4.69, 9.17) is 0 Å². The standard InChI is InChI=1S/C12H14OSe/c13-11-8-4-5-9-12(11)14-10-6-2-1-3-7-10/h1-3,6-7,12H,4-5,8-9H2. The van der Waals surface area contributed by atoms with E-state index in [1.165, 1.54) is 10.9 Å². The predicted octanol–water partition coefficient (Wildman–Crippen LogP) is 1.95. The quantitative estimate of drug-likeness (QED) is 0.736. The van der Waals surface area contributed by atoms with Crippen molar-refractivity contribution >= 4 is 25.2 Å². The van der Waals surface area contributed by atoms with Crippen molar-refractivity contribution in [3.63, 3.8) is 0 Å². The van der Waals surface area contributed by atoms with E-state index < -0.39 is 0 Å². The van der Waals surface area contributed by atoms with Crippen LogP contribution in [0.3, 0.4) is 0 Å². The second-order valence-corrected chi connectivity index (χ2v) is 6.31. The minimum atomic E-state index is 0.360. The Hall–Kier alpha value is -0.591. The van der Waals surface area contributed by atoms with E-state index in [9.17, 15) is 4.79 Å². The number of carbonyl (C=O) groups excluding carboxylic acids is 1. The van der Waals surface area contributed by atoms with E-state index in [-0.39, 0.29) is 0 Å². The predicted molar refractivity (Wildman–Crippen MR) is 59.1 cm³/mol. The Kier molecular flexibility index (Phi) is 3.39. The van der Waals surface area contributed by atoms with Crippen LogP contribution < -0.4 is 4.46 Å². The first-order chi connectivity index (χ1) is 6.86. The first-order valence-electron chi connectivity index (χ1n) is 5.11. The van der Waals surface area contributed by atoms with E-state index in [0.29, 0.717) is 25.6 Å². The van der Waals surface area contributed by atoms with E-state index in [1.807, 2.05) is 6.07 Å². The molecule has 1 aromatic carbocycles. The summed E-state index contributed by atoms with van der Waals surface area (Å²) in [6.45, 7) is 0. The van der Waals surface area contributed by atoms with Crippen molar-refractivity contribution in [2.45, 2.75) is 30.5 Å². The second kappa shape index (κ2) is 4.77. The Bertz CT molecular complexity index is 307. The zero-order chi connectivity index (χ0) is 9.80. The molecule has 0 aromatic heterocycles. The number of ketones is 1. The molecule has 0 N–H and O–H groups in total. The zero-order valence-corrected chi connectivity index (χ0v) is 9.82. The summed E-state index contributed by atoms with van der Waals surface area (Å²) in [5.74, 6) is 0.500. The number of hydrogen-bond donors (Lipinski definition) is 0. The maximum atomic E-state index is 11.6. The van der Waals surface area contributed by atoms with Crippen LogP contribution in [0.5, 0.6) is 0 Å². The van der Waals surface area contributed by atoms with Crippen LogP contribution in [0.1, 0.15) is 25.7 Å². The topological polar surface area (TPSA) is 17.1 Å². The van der Waals surface area contributed by atoms with Gasteiger partial charge in [0, 0.05) is 0 Å². The summed E-state index contributed by atoms with van der Waals surface area (Å²) in [6, 6.07) is 10.4. The van der Waals surface area contributed by atoms with Gasteiger partial charge in [0.25, 0.3) is 0 Å². The fraction of sp³-hybridized carbons (Fsp3) is 0.417. The molecule has 1 fully saturated rings. The number of hydrogen-bond acceptors (Lipinski definition) is 1. The number of rotatable bonds is 2. The van der Waals surface area contributed by atoms with Gasteiger partial charge in [0.1, 0.15) is 0 Å². The summed E-state index contributed by atoms with van der Waals surface area (Å²) >= 11 is 0.360. The molecular weight excluding hydrogens is 239 g/mol. The summed E-state index contributed by atoms with van der Waals surface area (Å²) in [7, 11) is 0. The molecule has 0 amide bonds. The third-order valence-corrected chi connectivity index (χ3v) is 5.31. The van der Waals surface area contributed by atoms with Crippen LogP contribution in [0, 0.1) is 0 Å². The molecule has 1 aliphatic rings. The molecule has 1 aromatic rings. The molecule has 0 aliphatic heterocycles. The monoisotopic (exact) mass is 254 g/mol. The van der Waals surface area contributed by atoms with Gasteiger partial charge in [0.15, 0.2) is 0 Å². The summed E-state index contributed by atoms with van der Waals surface area (Å²) in [5.41, 5.74) is 0. The second-order valence-electron chi connectivity index (χ2n) is 3.63. The first kappa shape index (κ1) is 9.95. The third-order valence-electron chi connectivity index (χ3n) is 2.52. The van der Waals surface area contributed by atoms with Crippen LogP contribution in [0.2, 0.25) is 4.82 Å². The molecule has 1 atom stereocenters. The van der Waals surface area contributed by atoms with E-state index >= 15 is 0 Å². The van der Waals surface area contributed by atoms with Crippen molar-refractivity contribution in [2.24, 2.45) is 0 Å². The average Bonchev–Trinajstić information content (AvgIpc) is 2.23. The third kappa shape index (κ3) is 2.46. The SMILES string of the molecule is O=C1CCCCC1[Se]c1ccccc1. The van der Waals surface area contributed by atoms with E-state index in [1.54, 1.807) is 0 Å². The van der Waals surface area contributed by atoms with Gasteiger partial charge in [-0.25, -0.2) is 0 Å². The van der Waals surface area contributed by atoms with Crippen molar-refractivity contribution in [3.8, 4) is 0 Å². The summed E-state index contributed by atoms with van der Waals surface area (Å²) in [5, 5.41) is 0. The molecule has 74 valence electrons. The van der Waals surface area contributed by atoms with Gasteiger partial charge in [-0.05, 0) is 0 Å². The Balaban J connectivity index is 2.00. The normalized spacial score (nSPS) is 22.3. The molecule has 0 heterocycles. The van der Waals surface area contributed by atoms with E-state index in [0.717, 1.165) is 19.3 Å². The van der Waals surface area contributed by atoms with Crippen LogP contribution in [-0.2, 0) is 4.79 Å². The molecule has 1 nitrogen and oxygen atoms in total. The van der Waals surface area contributed by atoms with Crippen molar-refractivity contribution < 1.29 is 4.79 Å². The minimum absolute atomic E-state index is 0.360. The van der Waals surface area contributed by atoms with Crippen molar-refractivity contribution in [2.75, 3.05) is 0 Å². The molecule has 0 spiro atoms. The van der Waals surface area contributed by atoms with E-state index in [2.05, 4.69) is 24.3 Å². The summed E-state index contributed by atoms with van der Waals surface area (Å²) in [6.07, 6.45) is 4.29. The van der Waals surface area contributed by atoms with Gasteiger partial charge in [-0.2, -0.15) is 0 Å². The van der Waals surface area contributed by atoms with Crippen LogP contribution >= 0.6 is 0 Å². The Morgan fingerprint density at radius 2 is 1.93 bits per heavy atom. The fourth-order valence-electron chi connectivity index (χ4n) is 1.74. The van der Waals surface area contributed by atoms with Crippen LogP contribution in [-0.4, -0.2) is 20.7 Å². The Morgan fingerprint density at radius 1 is 1.14 bits per heavy atom. The molecule has 1 aliphatic carbocycles. The average molecular weight is 253 g/mol. The van der Waals surface area contributed by atoms with Crippen molar-refractivity contribution in [1.29, 1.82) is 0 Å². The Labute approximate surface area is 91.1 Å². The van der Waals surface area contributed by atoms with Gasteiger partial charge in [0.2, 0.25) is 0 Å². The molecule has 1 saturated carbocycles. The molecular formula is C12H14OSe. The van der Waals surface area contributed by atoms with Crippen molar-refractivity contribution in [3.05, 3.63) is 30.3 Å². The molecule has 14 heavy (non-hydrogen) atoms. The molecule has 2 rings (SSSR count). The number of carbonyl (C=O) groups is 1. The van der Waals surface area contributed by atoms with Gasteiger partial charge in [-0.1, -0.05) is 0 Å². The maximum absolute atomic E-state index is 11.6. The number of benzene rings is 1. The fourth-order valence-corrected chi connectivity index (χ4v) is 4.21. The molecule has 0 bridgehead atoms. The van der Waals surface area contributed by atoms with Gasteiger partial charge >= 0.3 is 90.8 Å². The summed E-state index contributed by atoms with van der Waals surface area (Å²) < 4.78 is 1.36.